The molecule has 0 radical (unpaired) electrons. The van der Waals surface area contributed by atoms with E-state index < -0.39 is 0 Å². The van der Waals surface area contributed by atoms with Crippen LogP contribution in [-0.2, 0) is 10.2 Å². The summed E-state index contributed by atoms with van der Waals surface area (Å²) in [5.41, 5.74) is -0.0637. The molecule has 3 rings (SSSR count). The van der Waals surface area contributed by atoms with Crippen LogP contribution in [0.1, 0.15) is 57.4 Å². The fraction of sp³-hybridized carbons (Fsp3) is 0.650. The van der Waals surface area contributed by atoms with Crippen LogP contribution >= 0.6 is 23.1 Å². The van der Waals surface area contributed by atoms with Crippen LogP contribution in [0.25, 0.3) is 0 Å². The van der Waals surface area contributed by atoms with Gasteiger partial charge in [-0.2, -0.15) is 0 Å². The predicted molar refractivity (Wildman–Crippen MR) is 116 cm³/mol. The maximum absolute atomic E-state index is 12.5. The summed E-state index contributed by atoms with van der Waals surface area (Å²) in [6, 6.07) is 0. The highest BCUT2D eigenvalue weighted by Crippen LogP contribution is 2.39. The monoisotopic (exact) mass is 438 g/mol. The number of rotatable bonds is 7. The fourth-order valence-corrected chi connectivity index (χ4v) is 5.27. The standard InChI is InChI=1S/C20H30N4O3S2/c1-13(18-21-11-15(27-18)20(2,3)4)28-16-12-22-19(29-16)23-17(26)14-5-7-24(8-6-14)9-10-25/h11-14,25H,5-10H2,1-4H3,(H,22,23,26). The molecule has 1 amide bonds. The third-order valence-corrected chi connectivity index (χ3v) is 7.13. The number of aliphatic hydroxyl groups is 1. The Morgan fingerprint density at radius 3 is 2.72 bits per heavy atom. The van der Waals surface area contributed by atoms with Gasteiger partial charge in [-0.25, -0.2) is 9.97 Å². The average Bonchev–Trinajstić information content (AvgIpc) is 3.32. The predicted octanol–water partition coefficient (Wildman–Crippen LogP) is 3.92. The van der Waals surface area contributed by atoms with Crippen molar-refractivity contribution in [3.63, 3.8) is 0 Å². The second-order valence-electron chi connectivity index (χ2n) is 8.39. The summed E-state index contributed by atoms with van der Waals surface area (Å²) in [4.78, 5) is 23.5. The van der Waals surface area contributed by atoms with Crippen molar-refractivity contribution < 1.29 is 14.3 Å². The number of carbonyl (C=O) groups excluding carboxylic acids is 1. The second kappa shape index (κ2) is 9.59. The topological polar surface area (TPSA) is 91.5 Å². The van der Waals surface area contributed by atoms with Gasteiger partial charge in [0.15, 0.2) is 5.13 Å². The third kappa shape index (κ3) is 6.04. The molecule has 0 aliphatic carbocycles. The van der Waals surface area contributed by atoms with Gasteiger partial charge in [-0.3, -0.25) is 4.79 Å². The van der Waals surface area contributed by atoms with Gasteiger partial charge in [0.2, 0.25) is 11.8 Å². The summed E-state index contributed by atoms with van der Waals surface area (Å²) in [7, 11) is 0. The quantitative estimate of drug-likeness (QED) is 0.633. The van der Waals surface area contributed by atoms with E-state index in [0.717, 1.165) is 35.9 Å². The maximum atomic E-state index is 12.5. The first-order chi connectivity index (χ1) is 13.8. The first-order valence-corrected chi connectivity index (χ1v) is 11.7. The number of aliphatic hydroxyl groups excluding tert-OH is 1. The number of aromatic nitrogens is 2. The number of piperidine rings is 1. The zero-order valence-electron chi connectivity index (χ0n) is 17.5. The van der Waals surface area contributed by atoms with E-state index in [9.17, 15) is 4.79 Å². The van der Waals surface area contributed by atoms with Gasteiger partial charge in [-0.1, -0.05) is 32.1 Å². The van der Waals surface area contributed by atoms with Gasteiger partial charge >= 0.3 is 0 Å². The number of carbonyl (C=O) groups is 1. The zero-order valence-corrected chi connectivity index (χ0v) is 19.1. The summed E-state index contributed by atoms with van der Waals surface area (Å²) in [6.45, 7) is 10.9. The van der Waals surface area contributed by atoms with Crippen LogP contribution in [0.15, 0.2) is 21.0 Å². The van der Waals surface area contributed by atoms with Crippen LogP contribution < -0.4 is 5.32 Å². The zero-order chi connectivity index (χ0) is 21.0. The van der Waals surface area contributed by atoms with E-state index in [2.05, 4.69) is 47.9 Å². The molecule has 2 N–H and O–H groups in total. The van der Waals surface area contributed by atoms with E-state index in [-0.39, 0.29) is 29.1 Å². The van der Waals surface area contributed by atoms with Gasteiger partial charge in [0.1, 0.15) is 5.76 Å². The highest BCUT2D eigenvalue weighted by atomic mass is 32.2. The van der Waals surface area contributed by atoms with Gasteiger partial charge in [0.25, 0.3) is 0 Å². The van der Waals surface area contributed by atoms with Crippen LogP contribution in [0.3, 0.4) is 0 Å². The normalized spacial score (nSPS) is 17.4. The van der Waals surface area contributed by atoms with Crippen LogP contribution in [0.2, 0.25) is 0 Å². The summed E-state index contributed by atoms with van der Waals surface area (Å²) in [5, 5.41) is 12.7. The van der Waals surface area contributed by atoms with Crippen LogP contribution in [0, 0.1) is 5.92 Å². The highest BCUT2D eigenvalue weighted by Gasteiger charge is 2.26. The molecule has 0 spiro atoms. The molecule has 3 heterocycles. The number of likely N-dealkylation sites (tertiary alicyclic amines) is 1. The van der Waals surface area contributed by atoms with E-state index in [1.165, 1.54) is 11.3 Å². The second-order valence-corrected chi connectivity index (χ2v) is 11.1. The largest absolute Gasteiger partial charge is 0.444 e. The molecule has 2 aromatic rings. The molecule has 0 saturated carbocycles. The molecule has 2 aromatic heterocycles. The first kappa shape index (κ1) is 22.3. The van der Waals surface area contributed by atoms with Crippen LogP contribution in [0.5, 0.6) is 0 Å². The number of anilines is 1. The van der Waals surface area contributed by atoms with Crippen molar-refractivity contribution in [3.05, 3.63) is 24.0 Å². The van der Waals surface area contributed by atoms with E-state index in [1.807, 2.05) is 0 Å². The maximum Gasteiger partial charge on any atom is 0.229 e. The van der Waals surface area contributed by atoms with E-state index in [0.29, 0.717) is 17.6 Å². The molecule has 1 saturated heterocycles. The van der Waals surface area contributed by atoms with Crippen molar-refractivity contribution in [2.24, 2.45) is 5.92 Å². The molecule has 7 nitrogen and oxygen atoms in total. The first-order valence-electron chi connectivity index (χ1n) is 9.99. The Kier molecular flexibility index (Phi) is 7.37. The molecule has 29 heavy (non-hydrogen) atoms. The number of amides is 1. The van der Waals surface area contributed by atoms with Crippen LogP contribution in [0.4, 0.5) is 5.13 Å². The number of hydrogen-bond acceptors (Lipinski definition) is 8. The lowest BCUT2D eigenvalue weighted by molar-refractivity contribution is -0.121. The number of thioether (sulfide) groups is 1. The Hall–Kier alpha value is -1.42. The minimum Gasteiger partial charge on any atom is -0.444 e. The minimum atomic E-state index is -0.0637. The highest BCUT2D eigenvalue weighted by molar-refractivity contribution is 8.01. The van der Waals surface area contributed by atoms with Crippen molar-refractivity contribution in [2.45, 2.75) is 55.4 Å². The lowest BCUT2D eigenvalue weighted by Crippen LogP contribution is -2.39. The molecule has 0 bridgehead atoms. The summed E-state index contributed by atoms with van der Waals surface area (Å²) >= 11 is 3.10. The van der Waals surface area contributed by atoms with E-state index in [4.69, 9.17) is 9.52 Å². The molecule has 0 aromatic carbocycles. The number of nitrogens with zero attached hydrogens (tertiary/aromatic N) is 3. The Morgan fingerprint density at radius 2 is 2.10 bits per heavy atom. The molecular formula is C20H30N4O3S2. The lowest BCUT2D eigenvalue weighted by atomic mass is 9.94. The van der Waals surface area contributed by atoms with Gasteiger partial charge in [0, 0.05) is 17.9 Å². The van der Waals surface area contributed by atoms with E-state index >= 15 is 0 Å². The van der Waals surface area contributed by atoms with Crippen molar-refractivity contribution in [1.29, 1.82) is 0 Å². The smallest absolute Gasteiger partial charge is 0.229 e. The van der Waals surface area contributed by atoms with Crippen molar-refractivity contribution in [2.75, 3.05) is 31.6 Å². The molecule has 160 valence electrons. The SMILES string of the molecule is CC(Sc1cnc(NC(=O)C2CCN(CCO)CC2)s1)c1ncc(C(C)(C)C)o1. The Labute approximate surface area is 180 Å². The molecule has 1 fully saturated rings. The minimum absolute atomic E-state index is 0.00649. The fourth-order valence-electron chi connectivity index (χ4n) is 3.19. The van der Waals surface area contributed by atoms with Gasteiger partial charge in [0.05, 0.1) is 28.5 Å². The number of hydrogen-bond donors (Lipinski definition) is 2. The lowest BCUT2D eigenvalue weighted by Gasteiger charge is -2.30. The Balaban J connectivity index is 1.51. The Bertz CT molecular complexity index is 807. The number of β-amino-alcohol motifs (C(OH)–C–C–N with tert-alkyl or cyclic N) is 1. The molecular weight excluding hydrogens is 408 g/mol. The average molecular weight is 439 g/mol. The summed E-state index contributed by atoms with van der Waals surface area (Å²) in [5.74, 6) is 1.62. The molecule has 1 aliphatic heterocycles. The summed E-state index contributed by atoms with van der Waals surface area (Å²) in [6.07, 6.45) is 5.22. The molecule has 1 atom stereocenters. The number of nitrogens with one attached hydrogen (secondary N) is 1. The Morgan fingerprint density at radius 1 is 1.38 bits per heavy atom. The van der Waals surface area contributed by atoms with Crippen molar-refractivity contribution >= 4 is 34.1 Å². The van der Waals surface area contributed by atoms with Gasteiger partial charge in [-0.05, 0) is 32.9 Å². The number of thiazole rings is 1. The van der Waals surface area contributed by atoms with Gasteiger partial charge < -0.3 is 19.7 Å². The third-order valence-electron chi connectivity index (χ3n) is 4.99. The van der Waals surface area contributed by atoms with Crippen molar-refractivity contribution in [1.82, 2.24) is 14.9 Å². The van der Waals surface area contributed by atoms with Crippen molar-refractivity contribution in [3.8, 4) is 0 Å². The number of oxazole rings is 1. The van der Waals surface area contributed by atoms with Crippen LogP contribution in [-0.4, -0.2) is 52.1 Å². The van der Waals surface area contributed by atoms with Gasteiger partial charge in [-0.15, -0.1) is 11.8 Å². The molecule has 1 aliphatic rings. The van der Waals surface area contributed by atoms with E-state index in [1.54, 1.807) is 24.2 Å². The summed E-state index contributed by atoms with van der Waals surface area (Å²) < 4.78 is 6.94. The molecule has 9 heteroatoms. The molecule has 1 unspecified atom stereocenters.